The average molecular weight is 515 g/mol. The minimum Gasteiger partial charge on any atom is -0.333 e. The number of sulfonamides is 1. The molecule has 184 valence electrons. The molecule has 0 unspecified atom stereocenters. The number of hydrogen-bond donors (Lipinski definition) is 1. The molecule has 0 spiro atoms. The maximum absolute atomic E-state index is 12.9. The molecule has 3 aromatic heterocycles. The van der Waals surface area contributed by atoms with E-state index in [2.05, 4.69) is 20.3 Å². The summed E-state index contributed by atoms with van der Waals surface area (Å²) in [4.78, 5) is 4.35. The molecule has 2 aromatic carbocycles. The van der Waals surface area contributed by atoms with E-state index in [0.29, 0.717) is 28.1 Å². The van der Waals surface area contributed by atoms with E-state index in [0.717, 1.165) is 12.1 Å². The summed E-state index contributed by atoms with van der Waals surface area (Å²) >= 11 is 0. The molecule has 0 amide bonds. The second-order valence-electron chi connectivity index (χ2n) is 7.74. The van der Waals surface area contributed by atoms with Gasteiger partial charge >= 0.3 is 6.18 Å². The molecule has 36 heavy (non-hydrogen) atoms. The topological polar surface area (TPSA) is 135 Å². The van der Waals surface area contributed by atoms with Crippen molar-refractivity contribution in [3.8, 4) is 39.8 Å². The molecular weight excluding hydrogens is 499 g/mol. The monoisotopic (exact) mass is 515 g/mol. The van der Waals surface area contributed by atoms with Crippen LogP contribution in [-0.4, -0.2) is 38.1 Å². The van der Waals surface area contributed by atoms with Crippen molar-refractivity contribution in [2.45, 2.75) is 11.1 Å². The van der Waals surface area contributed by atoms with Crippen LogP contribution in [0.15, 0.2) is 76.5 Å². The van der Waals surface area contributed by atoms with Gasteiger partial charge in [-0.25, -0.2) is 18.2 Å². The molecule has 0 saturated heterocycles. The lowest BCUT2D eigenvalue weighted by Crippen LogP contribution is -2.11. The maximum Gasteiger partial charge on any atom is 0.416 e. The van der Waals surface area contributed by atoms with Crippen LogP contribution >= 0.6 is 0 Å². The summed E-state index contributed by atoms with van der Waals surface area (Å²) in [6.45, 7) is 0. The van der Waals surface area contributed by atoms with E-state index in [4.69, 9.17) is 9.66 Å². The number of halogens is 3. The number of benzene rings is 2. The lowest BCUT2D eigenvalue weighted by Gasteiger charge is -2.07. The van der Waals surface area contributed by atoms with Gasteiger partial charge < -0.3 is 4.52 Å². The Balaban J connectivity index is 1.45. The number of aryl methyl sites for hydroxylation is 1. The number of hydrogen-bond acceptors (Lipinski definition) is 7. The molecule has 0 fully saturated rings. The SMILES string of the molecule is Cn1ncc(-c2nc(-c3ccc(S(N)(=O)=O)cc3)no2)c1-c1cnn(-c2ccc(C(F)(F)F)cc2)c1. The van der Waals surface area contributed by atoms with Crippen LogP contribution in [0, 0.1) is 0 Å². The fourth-order valence-electron chi connectivity index (χ4n) is 3.57. The van der Waals surface area contributed by atoms with Crippen LogP contribution in [-0.2, 0) is 23.2 Å². The summed E-state index contributed by atoms with van der Waals surface area (Å²) in [6.07, 6.45) is 0.296. The summed E-state index contributed by atoms with van der Waals surface area (Å²) in [7, 11) is -2.13. The van der Waals surface area contributed by atoms with Crippen molar-refractivity contribution in [1.29, 1.82) is 0 Å². The molecule has 10 nitrogen and oxygen atoms in total. The zero-order chi connectivity index (χ0) is 25.7. The first-order valence-corrected chi connectivity index (χ1v) is 11.8. The summed E-state index contributed by atoms with van der Waals surface area (Å²) in [5.41, 5.74) is 1.91. The Morgan fingerprint density at radius 3 is 2.28 bits per heavy atom. The highest BCUT2D eigenvalue weighted by atomic mass is 32.2. The number of rotatable bonds is 5. The Labute approximate surface area is 201 Å². The molecule has 0 aliphatic carbocycles. The number of alkyl halides is 3. The first-order chi connectivity index (χ1) is 17.0. The van der Waals surface area contributed by atoms with Gasteiger partial charge in [0.1, 0.15) is 0 Å². The molecule has 5 rings (SSSR count). The fraction of sp³-hybridized carbons (Fsp3) is 0.0909. The lowest BCUT2D eigenvalue weighted by atomic mass is 10.1. The van der Waals surface area contributed by atoms with Crippen LogP contribution in [0.2, 0.25) is 0 Å². The highest BCUT2D eigenvalue weighted by molar-refractivity contribution is 7.89. The first-order valence-electron chi connectivity index (χ1n) is 10.2. The number of primary sulfonamides is 1. The van der Waals surface area contributed by atoms with Crippen LogP contribution in [0.1, 0.15) is 5.56 Å². The van der Waals surface area contributed by atoms with Crippen LogP contribution in [0.5, 0.6) is 0 Å². The summed E-state index contributed by atoms with van der Waals surface area (Å²) in [5.74, 6) is 0.382. The Morgan fingerprint density at radius 1 is 0.944 bits per heavy atom. The molecule has 0 atom stereocenters. The predicted molar refractivity (Wildman–Crippen MR) is 121 cm³/mol. The third-order valence-corrected chi connectivity index (χ3v) is 6.28. The molecule has 0 aliphatic heterocycles. The normalized spacial score (nSPS) is 12.2. The molecule has 0 radical (unpaired) electrons. The van der Waals surface area contributed by atoms with Gasteiger partial charge in [0.15, 0.2) is 0 Å². The van der Waals surface area contributed by atoms with Crippen molar-refractivity contribution in [2.75, 3.05) is 0 Å². The lowest BCUT2D eigenvalue weighted by molar-refractivity contribution is -0.137. The minimum absolute atomic E-state index is 0.0467. The maximum atomic E-state index is 12.9. The largest absolute Gasteiger partial charge is 0.416 e. The van der Waals surface area contributed by atoms with Gasteiger partial charge in [0, 0.05) is 24.4 Å². The van der Waals surface area contributed by atoms with Gasteiger partial charge in [-0.2, -0.15) is 28.4 Å². The van der Waals surface area contributed by atoms with Crippen LogP contribution in [0.25, 0.3) is 39.8 Å². The molecule has 2 N–H and O–H groups in total. The highest BCUT2D eigenvalue weighted by Crippen LogP contribution is 2.33. The quantitative estimate of drug-likeness (QED) is 0.377. The van der Waals surface area contributed by atoms with Crippen molar-refractivity contribution in [1.82, 2.24) is 29.7 Å². The van der Waals surface area contributed by atoms with Crippen LogP contribution < -0.4 is 5.14 Å². The predicted octanol–water partition coefficient (Wildman–Crippen LogP) is 3.66. The Morgan fingerprint density at radius 2 is 1.64 bits per heavy atom. The van der Waals surface area contributed by atoms with E-state index in [1.54, 1.807) is 24.1 Å². The van der Waals surface area contributed by atoms with Gasteiger partial charge in [-0.1, -0.05) is 5.16 Å². The van der Waals surface area contributed by atoms with E-state index >= 15 is 0 Å². The molecule has 5 aromatic rings. The number of nitrogens with two attached hydrogens (primary N) is 1. The Hall–Kier alpha value is -4.30. The smallest absolute Gasteiger partial charge is 0.333 e. The highest BCUT2D eigenvalue weighted by Gasteiger charge is 2.30. The number of nitrogens with zero attached hydrogens (tertiary/aromatic N) is 6. The van der Waals surface area contributed by atoms with E-state index in [-0.39, 0.29) is 16.6 Å². The second kappa shape index (κ2) is 8.42. The standard InChI is InChI=1S/C22H16F3N7O3S/c1-31-19(14-10-28-32(12-14)16-6-4-15(5-7-16)22(23,24)25)18(11-27-31)21-29-20(30-35-21)13-2-8-17(9-3-13)36(26,33)34/h2-12H,1H3,(H2,26,33,34). The summed E-state index contributed by atoms with van der Waals surface area (Å²) in [5, 5.41) is 17.6. The van der Waals surface area contributed by atoms with Gasteiger partial charge in [-0.3, -0.25) is 4.68 Å². The van der Waals surface area contributed by atoms with Gasteiger partial charge in [-0.05, 0) is 48.5 Å². The first kappa shape index (κ1) is 23.4. The van der Waals surface area contributed by atoms with Crippen molar-refractivity contribution >= 4 is 10.0 Å². The van der Waals surface area contributed by atoms with Crippen molar-refractivity contribution in [2.24, 2.45) is 12.2 Å². The molecular formula is C22H16F3N7O3S. The fourth-order valence-corrected chi connectivity index (χ4v) is 4.09. The third-order valence-electron chi connectivity index (χ3n) is 5.35. The Bertz CT molecular complexity index is 1650. The van der Waals surface area contributed by atoms with Gasteiger partial charge in [0.2, 0.25) is 15.8 Å². The zero-order valence-electron chi connectivity index (χ0n) is 18.4. The molecule has 0 saturated carbocycles. The van der Waals surface area contributed by atoms with Gasteiger partial charge in [0.05, 0.1) is 39.8 Å². The van der Waals surface area contributed by atoms with Crippen molar-refractivity contribution in [3.63, 3.8) is 0 Å². The minimum atomic E-state index is -4.43. The molecule has 14 heteroatoms. The third kappa shape index (κ3) is 4.38. The van der Waals surface area contributed by atoms with Gasteiger partial charge in [-0.15, -0.1) is 0 Å². The van der Waals surface area contributed by atoms with Crippen LogP contribution in [0.4, 0.5) is 13.2 Å². The number of aromatic nitrogens is 6. The summed E-state index contributed by atoms with van der Waals surface area (Å²) in [6, 6.07) is 10.3. The van der Waals surface area contributed by atoms with Crippen LogP contribution in [0.3, 0.4) is 0 Å². The van der Waals surface area contributed by atoms with E-state index in [9.17, 15) is 21.6 Å². The van der Waals surface area contributed by atoms with E-state index in [1.165, 1.54) is 47.3 Å². The van der Waals surface area contributed by atoms with E-state index in [1.807, 2.05) is 0 Å². The summed E-state index contributed by atoms with van der Waals surface area (Å²) < 4.78 is 69.9. The average Bonchev–Trinajstić information content (AvgIpc) is 3.57. The molecule has 3 heterocycles. The Kier molecular flexibility index (Phi) is 5.49. The molecule has 0 bridgehead atoms. The second-order valence-corrected chi connectivity index (χ2v) is 9.30. The van der Waals surface area contributed by atoms with E-state index < -0.39 is 21.8 Å². The zero-order valence-corrected chi connectivity index (χ0v) is 19.2. The van der Waals surface area contributed by atoms with Crippen molar-refractivity contribution in [3.05, 3.63) is 72.7 Å². The van der Waals surface area contributed by atoms with Crippen molar-refractivity contribution < 1.29 is 26.1 Å². The molecule has 0 aliphatic rings. The van der Waals surface area contributed by atoms with Gasteiger partial charge in [0.25, 0.3) is 5.89 Å².